The molecule has 0 aliphatic heterocycles. The maximum Gasteiger partial charge on any atom is 1.00 e. The number of hydrogen-bond acceptors (Lipinski definition) is 5. The quantitative estimate of drug-likeness (QED) is 0.304. The standard InChI is InChI=1S/C6H12O5.Na/c1-4(9)6(10)11-5(2-7)3-8;/h4-5,7-9H,2-3H2,1H3;/q;+1. The predicted octanol–water partition coefficient (Wildman–Crippen LogP) is -4.73. The minimum absolute atomic E-state index is 0. The minimum atomic E-state index is -1.23. The first-order chi connectivity index (χ1) is 5.11. The van der Waals surface area contributed by atoms with E-state index in [9.17, 15) is 4.79 Å². The Bertz CT molecular complexity index is 123. The Kier molecular flexibility index (Phi) is 9.87. The van der Waals surface area contributed by atoms with Gasteiger partial charge >= 0.3 is 35.5 Å². The van der Waals surface area contributed by atoms with Crippen LogP contribution in [0.5, 0.6) is 0 Å². The Morgan fingerprint density at radius 1 is 1.42 bits per heavy atom. The van der Waals surface area contributed by atoms with Crippen molar-refractivity contribution < 1.29 is 54.4 Å². The topological polar surface area (TPSA) is 87.0 Å². The molecule has 0 bridgehead atoms. The van der Waals surface area contributed by atoms with Crippen molar-refractivity contribution >= 4 is 5.97 Å². The van der Waals surface area contributed by atoms with Gasteiger partial charge in [0.15, 0.2) is 0 Å². The molecule has 0 spiro atoms. The molecule has 12 heavy (non-hydrogen) atoms. The Balaban J connectivity index is 0. The van der Waals surface area contributed by atoms with E-state index in [0.717, 1.165) is 0 Å². The molecule has 0 aromatic rings. The molecule has 0 saturated heterocycles. The van der Waals surface area contributed by atoms with Crippen LogP contribution in [0.15, 0.2) is 0 Å². The van der Waals surface area contributed by atoms with Gasteiger partial charge in [-0.2, -0.15) is 0 Å². The van der Waals surface area contributed by atoms with E-state index in [-0.39, 0.29) is 29.6 Å². The third-order valence-corrected chi connectivity index (χ3v) is 1.03. The average Bonchev–Trinajstić information content (AvgIpc) is 1.99. The molecular formula is C6H12NaO5+. The summed E-state index contributed by atoms with van der Waals surface area (Å²) in [6.45, 7) is 0.345. The number of carbonyl (C=O) groups excluding carboxylic acids is 1. The molecule has 3 N–H and O–H groups in total. The number of hydrogen-bond donors (Lipinski definition) is 3. The second kappa shape index (κ2) is 7.97. The maximum absolute atomic E-state index is 10.6. The summed E-state index contributed by atoms with van der Waals surface area (Å²) in [6.07, 6.45) is -2.16. The summed E-state index contributed by atoms with van der Waals surface area (Å²) in [4.78, 5) is 10.6. The molecule has 0 aliphatic rings. The van der Waals surface area contributed by atoms with E-state index < -0.39 is 31.4 Å². The van der Waals surface area contributed by atoms with Crippen molar-refractivity contribution in [3.8, 4) is 0 Å². The van der Waals surface area contributed by atoms with Gasteiger partial charge in [-0.25, -0.2) is 4.79 Å². The summed E-state index contributed by atoms with van der Waals surface area (Å²) in [6, 6.07) is 0. The normalized spacial score (nSPS) is 12.1. The number of aliphatic hydroxyl groups is 3. The van der Waals surface area contributed by atoms with Crippen LogP contribution in [0, 0.1) is 0 Å². The summed E-state index contributed by atoms with van der Waals surface area (Å²) in [5.74, 6) is -0.849. The van der Waals surface area contributed by atoms with Crippen LogP contribution in [0.3, 0.4) is 0 Å². The van der Waals surface area contributed by atoms with E-state index in [2.05, 4.69) is 4.74 Å². The van der Waals surface area contributed by atoms with E-state index in [4.69, 9.17) is 15.3 Å². The monoisotopic (exact) mass is 187 g/mol. The number of esters is 1. The molecule has 6 heteroatoms. The van der Waals surface area contributed by atoms with Crippen LogP contribution in [0.4, 0.5) is 0 Å². The SMILES string of the molecule is CC(O)C(=O)OC(CO)CO.[Na+]. The van der Waals surface area contributed by atoms with E-state index in [0.29, 0.717) is 0 Å². The first kappa shape index (κ1) is 14.9. The molecule has 0 rings (SSSR count). The van der Waals surface area contributed by atoms with E-state index in [1.165, 1.54) is 6.92 Å². The molecule has 66 valence electrons. The van der Waals surface area contributed by atoms with E-state index in [1.54, 1.807) is 0 Å². The summed E-state index contributed by atoms with van der Waals surface area (Å²) < 4.78 is 4.42. The van der Waals surface area contributed by atoms with Crippen LogP contribution >= 0.6 is 0 Å². The predicted molar refractivity (Wildman–Crippen MR) is 35.7 cm³/mol. The van der Waals surface area contributed by atoms with Crippen LogP contribution < -0.4 is 29.6 Å². The molecule has 0 heterocycles. The summed E-state index contributed by atoms with van der Waals surface area (Å²) in [5.41, 5.74) is 0. The van der Waals surface area contributed by atoms with Gasteiger partial charge in [-0.1, -0.05) is 0 Å². The molecule has 1 atom stereocenters. The zero-order chi connectivity index (χ0) is 8.85. The molecule has 0 radical (unpaired) electrons. The number of carbonyl (C=O) groups is 1. The molecule has 0 aromatic heterocycles. The van der Waals surface area contributed by atoms with Crippen molar-refractivity contribution in [1.82, 2.24) is 0 Å². The summed E-state index contributed by atoms with van der Waals surface area (Å²) >= 11 is 0. The van der Waals surface area contributed by atoms with Gasteiger partial charge < -0.3 is 20.1 Å². The number of aliphatic hydroxyl groups excluding tert-OH is 3. The molecular weight excluding hydrogens is 175 g/mol. The number of rotatable bonds is 4. The smallest absolute Gasteiger partial charge is 0.456 e. The Hall–Kier alpha value is 0.350. The van der Waals surface area contributed by atoms with Gasteiger partial charge in [0.25, 0.3) is 0 Å². The van der Waals surface area contributed by atoms with Crippen molar-refractivity contribution in [2.24, 2.45) is 0 Å². The Morgan fingerprint density at radius 2 is 1.83 bits per heavy atom. The minimum Gasteiger partial charge on any atom is -0.456 e. The molecule has 0 aromatic carbocycles. The third-order valence-electron chi connectivity index (χ3n) is 1.03. The van der Waals surface area contributed by atoms with Gasteiger partial charge in [-0.15, -0.1) is 0 Å². The Labute approximate surface area is 92.6 Å². The first-order valence-electron chi connectivity index (χ1n) is 3.22. The van der Waals surface area contributed by atoms with Gasteiger partial charge in [0, 0.05) is 0 Å². The third kappa shape index (κ3) is 5.93. The summed E-state index contributed by atoms with van der Waals surface area (Å²) in [5, 5.41) is 25.5. The van der Waals surface area contributed by atoms with Crippen molar-refractivity contribution in [2.75, 3.05) is 13.2 Å². The molecule has 0 fully saturated rings. The largest absolute Gasteiger partial charge is 1.00 e. The van der Waals surface area contributed by atoms with E-state index in [1.807, 2.05) is 0 Å². The van der Waals surface area contributed by atoms with Crippen molar-refractivity contribution in [2.45, 2.75) is 19.1 Å². The molecule has 0 amide bonds. The van der Waals surface area contributed by atoms with Crippen LogP contribution in [0.1, 0.15) is 6.92 Å². The Morgan fingerprint density at radius 3 is 2.08 bits per heavy atom. The van der Waals surface area contributed by atoms with Gasteiger partial charge in [0.1, 0.15) is 12.2 Å². The van der Waals surface area contributed by atoms with Gasteiger partial charge in [-0.05, 0) is 6.92 Å². The zero-order valence-electron chi connectivity index (χ0n) is 7.23. The fourth-order valence-electron chi connectivity index (χ4n) is 0.395. The second-order valence-corrected chi connectivity index (χ2v) is 2.10. The first-order valence-corrected chi connectivity index (χ1v) is 3.22. The van der Waals surface area contributed by atoms with E-state index >= 15 is 0 Å². The molecule has 0 aliphatic carbocycles. The van der Waals surface area contributed by atoms with Crippen molar-refractivity contribution in [1.29, 1.82) is 0 Å². The van der Waals surface area contributed by atoms with Gasteiger partial charge in [-0.3, -0.25) is 0 Å². The van der Waals surface area contributed by atoms with Crippen molar-refractivity contribution in [3.63, 3.8) is 0 Å². The van der Waals surface area contributed by atoms with Crippen LogP contribution in [-0.4, -0.2) is 46.7 Å². The molecule has 1 unspecified atom stereocenters. The summed E-state index contributed by atoms with van der Waals surface area (Å²) in [7, 11) is 0. The van der Waals surface area contributed by atoms with Crippen LogP contribution in [0.2, 0.25) is 0 Å². The molecule has 5 nitrogen and oxygen atoms in total. The maximum atomic E-state index is 10.6. The second-order valence-electron chi connectivity index (χ2n) is 2.10. The fourth-order valence-corrected chi connectivity index (χ4v) is 0.395. The van der Waals surface area contributed by atoms with Crippen molar-refractivity contribution in [3.05, 3.63) is 0 Å². The average molecular weight is 187 g/mol. The molecule has 0 saturated carbocycles. The van der Waals surface area contributed by atoms with Gasteiger partial charge in [0.05, 0.1) is 13.2 Å². The fraction of sp³-hybridized carbons (Fsp3) is 0.833. The zero-order valence-corrected chi connectivity index (χ0v) is 9.23. The van der Waals surface area contributed by atoms with Gasteiger partial charge in [0.2, 0.25) is 0 Å². The van der Waals surface area contributed by atoms with Crippen LogP contribution in [0.25, 0.3) is 0 Å². The van der Waals surface area contributed by atoms with Crippen LogP contribution in [-0.2, 0) is 9.53 Å². The number of ether oxygens (including phenoxy) is 1.